The van der Waals surface area contributed by atoms with Gasteiger partial charge in [0.1, 0.15) is 5.75 Å². The average Bonchev–Trinajstić information content (AvgIpc) is 2.16. The largest absolute Gasteiger partial charge is 0.497 e. The highest BCUT2D eigenvalue weighted by Crippen LogP contribution is 2.16. The number of carbonyl (C=O) groups is 2. The van der Waals surface area contributed by atoms with E-state index in [1.807, 2.05) is 0 Å². The van der Waals surface area contributed by atoms with E-state index in [4.69, 9.17) is 4.74 Å². The molecule has 0 aliphatic carbocycles. The predicted octanol–water partition coefficient (Wildman–Crippen LogP) is 1.71. The van der Waals surface area contributed by atoms with Crippen LogP contribution in [0.4, 0.5) is 0 Å². The molecule has 0 unspecified atom stereocenters. The molecule has 1 aromatic rings. The maximum absolute atomic E-state index is 11.1. The molecule has 0 fully saturated rings. The molecular formula is C10H10O3. The zero-order valence-electron chi connectivity index (χ0n) is 7.53. The topological polar surface area (TPSA) is 43.4 Å². The molecule has 3 nitrogen and oxygen atoms in total. The summed E-state index contributed by atoms with van der Waals surface area (Å²) in [6.45, 7) is 1.42. The molecule has 0 heterocycles. The summed E-state index contributed by atoms with van der Waals surface area (Å²) in [4.78, 5) is 21.6. The lowest BCUT2D eigenvalue weighted by Crippen LogP contribution is -1.99. The highest BCUT2D eigenvalue weighted by molar-refractivity contribution is 6.01. The summed E-state index contributed by atoms with van der Waals surface area (Å²) in [5, 5.41) is 0. The van der Waals surface area contributed by atoms with Crippen molar-refractivity contribution in [2.75, 3.05) is 7.11 Å². The smallest absolute Gasteiger partial charge is 0.160 e. The van der Waals surface area contributed by atoms with Gasteiger partial charge in [-0.05, 0) is 25.1 Å². The Hall–Kier alpha value is -1.64. The van der Waals surface area contributed by atoms with E-state index in [-0.39, 0.29) is 5.78 Å². The van der Waals surface area contributed by atoms with E-state index in [2.05, 4.69) is 0 Å². The van der Waals surface area contributed by atoms with Crippen LogP contribution in [-0.2, 0) is 0 Å². The lowest BCUT2D eigenvalue weighted by atomic mass is 10.1. The van der Waals surface area contributed by atoms with Gasteiger partial charge >= 0.3 is 0 Å². The fourth-order valence-electron chi connectivity index (χ4n) is 1.07. The molecule has 0 atom stereocenters. The SMILES string of the molecule is COc1ccc(C=O)c(C(C)=O)c1. The molecule has 0 N–H and O–H groups in total. The van der Waals surface area contributed by atoms with Crippen LogP contribution >= 0.6 is 0 Å². The van der Waals surface area contributed by atoms with Gasteiger partial charge in [-0.1, -0.05) is 0 Å². The number of hydrogen-bond acceptors (Lipinski definition) is 3. The number of methoxy groups -OCH3 is 1. The van der Waals surface area contributed by atoms with E-state index in [0.717, 1.165) is 0 Å². The second kappa shape index (κ2) is 3.85. The zero-order valence-corrected chi connectivity index (χ0v) is 7.53. The molecule has 0 spiro atoms. The van der Waals surface area contributed by atoms with E-state index in [0.29, 0.717) is 23.2 Å². The fourth-order valence-corrected chi connectivity index (χ4v) is 1.07. The first kappa shape index (κ1) is 9.45. The van der Waals surface area contributed by atoms with Crippen molar-refractivity contribution in [3.05, 3.63) is 29.3 Å². The molecule has 0 aliphatic rings. The highest BCUT2D eigenvalue weighted by Gasteiger charge is 2.07. The summed E-state index contributed by atoms with van der Waals surface area (Å²) in [6.07, 6.45) is 0.663. The van der Waals surface area contributed by atoms with Crippen LogP contribution in [0.25, 0.3) is 0 Å². The quantitative estimate of drug-likeness (QED) is 0.522. The van der Waals surface area contributed by atoms with Crippen molar-refractivity contribution in [1.82, 2.24) is 0 Å². The molecular weight excluding hydrogens is 168 g/mol. The molecule has 13 heavy (non-hydrogen) atoms. The van der Waals surface area contributed by atoms with Gasteiger partial charge in [0, 0.05) is 11.1 Å². The summed E-state index contributed by atoms with van der Waals surface area (Å²) in [6, 6.07) is 4.78. The van der Waals surface area contributed by atoms with Crippen molar-refractivity contribution in [2.24, 2.45) is 0 Å². The van der Waals surface area contributed by atoms with E-state index >= 15 is 0 Å². The monoisotopic (exact) mass is 178 g/mol. The summed E-state index contributed by atoms with van der Waals surface area (Å²) >= 11 is 0. The van der Waals surface area contributed by atoms with E-state index < -0.39 is 0 Å². The predicted molar refractivity (Wildman–Crippen MR) is 48.4 cm³/mol. The van der Waals surface area contributed by atoms with Crippen LogP contribution in [-0.4, -0.2) is 19.2 Å². The molecule has 0 aliphatic heterocycles. The Bertz CT molecular complexity index is 342. The van der Waals surface area contributed by atoms with Crippen LogP contribution in [0.3, 0.4) is 0 Å². The Morgan fingerprint density at radius 1 is 1.46 bits per heavy atom. The van der Waals surface area contributed by atoms with Crippen molar-refractivity contribution in [3.8, 4) is 5.75 Å². The van der Waals surface area contributed by atoms with Gasteiger partial charge in [0.2, 0.25) is 0 Å². The van der Waals surface area contributed by atoms with Gasteiger partial charge in [-0.25, -0.2) is 0 Å². The minimum absolute atomic E-state index is 0.138. The second-order valence-electron chi connectivity index (χ2n) is 2.63. The molecule has 0 saturated heterocycles. The second-order valence-corrected chi connectivity index (χ2v) is 2.63. The van der Waals surface area contributed by atoms with Crippen LogP contribution in [0.5, 0.6) is 5.75 Å². The van der Waals surface area contributed by atoms with E-state index in [9.17, 15) is 9.59 Å². The van der Waals surface area contributed by atoms with Crippen LogP contribution in [0, 0.1) is 0 Å². The van der Waals surface area contributed by atoms with Gasteiger partial charge in [-0.3, -0.25) is 9.59 Å². The summed E-state index contributed by atoms with van der Waals surface area (Å²) < 4.78 is 4.94. The number of ketones is 1. The number of ether oxygens (including phenoxy) is 1. The van der Waals surface area contributed by atoms with Crippen molar-refractivity contribution in [2.45, 2.75) is 6.92 Å². The van der Waals surface area contributed by atoms with Gasteiger partial charge in [-0.2, -0.15) is 0 Å². The lowest BCUT2D eigenvalue weighted by molar-refractivity contribution is 0.100. The fraction of sp³-hybridized carbons (Fsp3) is 0.200. The first-order valence-electron chi connectivity index (χ1n) is 3.83. The maximum Gasteiger partial charge on any atom is 0.160 e. The molecule has 1 aromatic carbocycles. The van der Waals surface area contributed by atoms with E-state index in [1.54, 1.807) is 18.2 Å². The minimum Gasteiger partial charge on any atom is -0.497 e. The maximum atomic E-state index is 11.1. The molecule has 0 amide bonds. The number of hydrogen-bond donors (Lipinski definition) is 0. The lowest BCUT2D eigenvalue weighted by Gasteiger charge is -2.03. The van der Waals surface area contributed by atoms with Crippen molar-refractivity contribution in [3.63, 3.8) is 0 Å². The van der Waals surface area contributed by atoms with Crippen LogP contribution < -0.4 is 4.74 Å². The molecule has 0 radical (unpaired) electrons. The zero-order chi connectivity index (χ0) is 9.84. The number of Topliss-reactive ketones (excluding diaryl/α,β-unsaturated/α-hetero) is 1. The van der Waals surface area contributed by atoms with Crippen molar-refractivity contribution >= 4 is 12.1 Å². The molecule has 3 heteroatoms. The molecule has 1 rings (SSSR count). The summed E-state index contributed by atoms with van der Waals surface area (Å²) in [5.74, 6) is 0.441. The van der Waals surface area contributed by atoms with Gasteiger partial charge < -0.3 is 4.74 Å². The van der Waals surface area contributed by atoms with Gasteiger partial charge in [0.05, 0.1) is 7.11 Å². The third-order valence-electron chi connectivity index (χ3n) is 1.77. The van der Waals surface area contributed by atoms with Gasteiger partial charge in [-0.15, -0.1) is 0 Å². The van der Waals surface area contributed by atoms with E-state index in [1.165, 1.54) is 14.0 Å². The van der Waals surface area contributed by atoms with Crippen LogP contribution in [0.2, 0.25) is 0 Å². The minimum atomic E-state index is -0.138. The first-order valence-corrected chi connectivity index (χ1v) is 3.83. The van der Waals surface area contributed by atoms with Crippen molar-refractivity contribution < 1.29 is 14.3 Å². The Morgan fingerprint density at radius 2 is 2.15 bits per heavy atom. The van der Waals surface area contributed by atoms with Gasteiger partial charge in [0.15, 0.2) is 12.1 Å². The standard InChI is InChI=1S/C10H10O3/c1-7(12)10-5-9(13-2)4-3-8(10)6-11/h3-6H,1-2H3. The van der Waals surface area contributed by atoms with Crippen LogP contribution in [0.1, 0.15) is 27.6 Å². The average molecular weight is 178 g/mol. The third kappa shape index (κ3) is 1.93. The Labute approximate surface area is 76.3 Å². The number of aldehydes is 1. The Morgan fingerprint density at radius 3 is 2.62 bits per heavy atom. The van der Waals surface area contributed by atoms with Gasteiger partial charge in [0.25, 0.3) is 0 Å². The molecule has 0 bridgehead atoms. The summed E-state index contributed by atoms with van der Waals surface area (Å²) in [5.41, 5.74) is 0.794. The van der Waals surface area contributed by atoms with Crippen LogP contribution in [0.15, 0.2) is 18.2 Å². The third-order valence-corrected chi connectivity index (χ3v) is 1.77. The molecule has 0 saturated carbocycles. The first-order chi connectivity index (χ1) is 6.19. The molecule has 68 valence electrons. The highest BCUT2D eigenvalue weighted by atomic mass is 16.5. The van der Waals surface area contributed by atoms with Crippen molar-refractivity contribution in [1.29, 1.82) is 0 Å². The normalized spacial score (nSPS) is 9.38. The molecule has 0 aromatic heterocycles. The Kier molecular flexibility index (Phi) is 2.80. The Balaban J connectivity index is 3.25. The number of benzene rings is 1. The number of rotatable bonds is 3. The number of carbonyl (C=O) groups excluding carboxylic acids is 2. The summed E-state index contributed by atoms with van der Waals surface area (Å²) in [7, 11) is 1.51.